The maximum absolute atomic E-state index is 13.3. The van der Waals surface area contributed by atoms with Crippen molar-refractivity contribution in [2.24, 2.45) is 0 Å². The van der Waals surface area contributed by atoms with Crippen molar-refractivity contribution in [2.45, 2.75) is 50.6 Å². The number of rotatable bonds is 6. The van der Waals surface area contributed by atoms with Crippen LogP contribution in [-0.2, 0) is 14.8 Å². The molecule has 2 unspecified atom stereocenters. The van der Waals surface area contributed by atoms with Gasteiger partial charge in [0.2, 0.25) is 15.9 Å². The number of likely N-dealkylation sites (tertiary alicyclic amines) is 1. The molecule has 172 valence electrons. The summed E-state index contributed by atoms with van der Waals surface area (Å²) in [4.78, 5) is 15.3. The second-order valence-corrected chi connectivity index (χ2v) is 11.5. The van der Waals surface area contributed by atoms with Crippen molar-refractivity contribution in [3.05, 3.63) is 69.7 Å². The van der Waals surface area contributed by atoms with E-state index >= 15 is 0 Å². The minimum atomic E-state index is -3.25. The van der Waals surface area contributed by atoms with E-state index < -0.39 is 10.0 Å². The lowest BCUT2D eigenvalue weighted by Crippen LogP contribution is -2.52. The van der Waals surface area contributed by atoms with Gasteiger partial charge in [-0.2, -0.15) is 4.31 Å². The molecule has 0 bridgehead atoms. The van der Waals surface area contributed by atoms with Crippen LogP contribution in [0, 0.1) is 0 Å². The van der Waals surface area contributed by atoms with Crippen molar-refractivity contribution in [3.8, 4) is 0 Å². The summed E-state index contributed by atoms with van der Waals surface area (Å²) >= 11 is 12.5. The molecule has 2 aliphatic rings. The molecule has 0 aromatic heterocycles. The number of carbonyl (C=O) groups is 1. The summed E-state index contributed by atoms with van der Waals surface area (Å²) in [5.74, 6) is 0.298. The highest BCUT2D eigenvalue weighted by Gasteiger charge is 2.42. The topological polar surface area (TPSA) is 57.7 Å². The van der Waals surface area contributed by atoms with Gasteiger partial charge in [0.1, 0.15) is 0 Å². The fourth-order valence-electron chi connectivity index (χ4n) is 5.03. The third-order valence-corrected chi connectivity index (χ3v) is 9.02. The quantitative estimate of drug-likeness (QED) is 0.550. The van der Waals surface area contributed by atoms with Gasteiger partial charge in [0.15, 0.2) is 0 Å². The van der Waals surface area contributed by atoms with Crippen molar-refractivity contribution in [1.29, 1.82) is 0 Å². The number of carbonyl (C=O) groups excluding carboxylic acids is 1. The highest BCUT2D eigenvalue weighted by Crippen LogP contribution is 2.45. The van der Waals surface area contributed by atoms with Crippen LogP contribution in [0.4, 0.5) is 0 Å². The minimum Gasteiger partial charge on any atom is -0.331 e. The summed E-state index contributed by atoms with van der Waals surface area (Å²) in [7, 11) is -3.25. The third-order valence-electron chi connectivity index (χ3n) is 6.61. The van der Waals surface area contributed by atoms with E-state index in [1.807, 2.05) is 54.3 Å². The molecular formula is C24H28Cl2N2O3S. The van der Waals surface area contributed by atoms with E-state index in [9.17, 15) is 13.2 Å². The van der Waals surface area contributed by atoms with E-state index in [2.05, 4.69) is 6.07 Å². The van der Waals surface area contributed by atoms with Crippen LogP contribution in [0.2, 0.25) is 10.0 Å². The van der Waals surface area contributed by atoms with Crippen LogP contribution in [0.3, 0.4) is 0 Å². The first kappa shape index (κ1) is 23.6. The lowest BCUT2D eigenvalue weighted by atomic mass is 9.79. The standard InChI is InChI=1S/C24H28Cl2N2O3S/c1-2-21(16-27-13-4-14-32(27,30)31)28-23(29)12-11-22(18-5-3-6-20(26)15-18)24(28)17-7-9-19(25)10-8-17/h3,5-10,15,21-22,24H,2,4,11-14,16H2,1H3/t21?,22?,24-/m1/s1. The maximum atomic E-state index is 13.3. The maximum Gasteiger partial charge on any atom is 0.223 e. The monoisotopic (exact) mass is 494 g/mol. The van der Waals surface area contributed by atoms with Crippen molar-refractivity contribution in [1.82, 2.24) is 9.21 Å². The molecule has 0 spiro atoms. The molecule has 0 saturated carbocycles. The van der Waals surface area contributed by atoms with Gasteiger partial charge in [-0.15, -0.1) is 0 Å². The summed E-state index contributed by atoms with van der Waals surface area (Å²) in [5.41, 5.74) is 2.08. The number of hydrogen-bond donors (Lipinski definition) is 0. The van der Waals surface area contributed by atoms with Gasteiger partial charge in [-0.05, 0) is 54.7 Å². The summed E-state index contributed by atoms with van der Waals surface area (Å²) in [5, 5.41) is 1.30. The molecule has 2 fully saturated rings. The Morgan fingerprint density at radius 1 is 1.06 bits per heavy atom. The Kier molecular flexibility index (Phi) is 7.15. The Balaban J connectivity index is 1.76. The lowest BCUT2D eigenvalue weighted by Gasteiger charge is -2.46. The van der Waals surface area contributed by atoms with Gasteiger partial charge < -0.3 is 4.90 Å². The van der Waals surface area contributed by atoms with Crippen LogP contribution in [0.25, 0.3) is 0 Å². The molecule has 0 radical (unpaired) electrons. The number of nitrogens with zero attached hydrogens (tertiary/aromatic N) is 2. The number of piperidine rings is 1. The molecule has 2 saturated heterocycles. The Hall–Kier alpha value is -1.60. The van der Waals surface area contributed by atoms with Crippen molar-refractivity contribution in [2.75, 3.05) is 18.8 Å². The molecule has 3 atom stereocenters. The second kappa shape index (κ2) is 9.72. The molecular weight excluding hydrogens is 467 g/mol. The molecule has 1 amide bonds. The zero-order valence-corrected chi connectivity index (χ0v) is 20.4. The van der Waals surface area contributed by atoms with E-state index in [0.717, 1.165) is 11.1 Å². The van der Waals surface area contributed by atoms with Gasteiger partial charge >= 0.3 is 0 Å². The van der Waals surface area contributed by atoms with E-state index in [0.29, 0.717) is 48.8 Å². The van der Waals surface area contributed by atoms with Crippen LogP contribution in [0.1, 0.15) is 55.7 Å². The first-order valence-electron chi connectivity index (χ1n) is 11.1. The number of amides is 1. The Labute approximate surface area is 200 Å². The minimum absolute atomic E-state index is 0.0526. The normalized spacial score (nSPS) is 24.6. The highest BCUT2D eigenvalue weighted by molar-refractivity contribution is 7.89. The molecule has 32 heavy (non-hydrogen) atoms. The SMILES string of the molecule is CCC(CN1CCCS1(=O)=O)N1C(=O)CCC(c2cccc(Cl)c2)[C@H]1c1ccc(Cl)cc1. The molecule has 0 aliphatic carbocycles. The average molecular weight is 495 g/mol. The molecule has 2 aromatic rings. The van der Waals surface area contributed by atoms with Gasteiger partial charge in [0.25, 0.3) is 0 Å². The lowest BCUT2D eigenvalue weighted by molar-refractivity contribution is -0.141. The van der Waals surface area contributed by atoms with E-state index in [4.69, 9.17) is 23.2 Å². The molecule has 2 aromatic carbocycles. The first-order valence-corrected chi connectivity index (χ1v) is 13.5. The van der Waals surface area contributed by atoms with Crippen molar-refractivity contribution >= 4 is 39.1 Å². The number of halogens is 2. The average Bonchev–Trinajstić information content (AvgIpc) is 3.10. The summed E-state index contributed by atoms with van der Waals surface area (Å²) in [6.45, 7) is 2.86. The second-order valence-electron chi connectivity index (χ2n) is 8.59. The summed E-state index contributed by atoms with van der Waals surface area (Å²) < 4.78 is 26.5. The van der Waals surface area contributed by atoms with Gasteiger partial charge in [-0.3, -0.25) is 4.79 Å². The Bertz CT molecular complexity index is 1070. The summed E-state index contributed by atoms with van der Waals surface area (Å²) in [6.07, 6.45) is 2.44. The molecule has 8 heteroatoms. The van der Waals surface area contributed by atoms with Gasteiger partial charge in [-0.25, -0.2) is 8.42 Å². The Morgan fingerprint density at radius 3 is 2.44 bits per heavy atom. The molecule has 0 N–H and O–H groups in total. The Morgan fingerprint density at radius 2 is 1.81 bits per heavy atom. The first-order chi connectivity index (χ1) is 15.3. The highest BCUT2D eigenvalue weighted by atomic mass is 35.5. The number of sulfonamides is 1. The predicted octanol–water partition coefficient (Wildman–Crippen LogP) is 5.25. The van der Waals surface area contributed by atoms with Crippen LogP contribution < -0.4 is 0 Å². The van der Waals surface area contributed by atoms with E-state index in [1.54, 1.807) is 4.31 Å². The van der Waals surface area contributed by atoms with Gasteiger partial charge in [0.05, 0.1) is 11.8 Å². The molecule has 5 nitrogen and oxygen atoms in total. The van der Waals surface area contributed by atoms with Crippen LogP contribution in [-0.4, -0.2) is 48.4 Å². The van der Waals surface area contributed by atoms with Crippen LogP contribution in [0.15, 0.2) is 48.5 Å². The van der Waals surface area contributed by atoms with E-state index in [1.165, 1.54) is 0 Å². The fourth-order valence-corrected chi connectivity index (χ4v) is 6.91. The zero-order valence-electron chi connectivity index (χ0n) is 18.1. The van der Waals surface area contributed by atoms with Crippen LogP contribution in [0.5, 0.6) is 0 Å². The number of hydrogen-bond acceptors (Lipinski definition) is 3. The number of benzene rings is 2. The smallest absolute Gasteiger partial charge is 0.223 e. The molecule has 4 rings (SSSR count). The third kappa shape index (κ3) is 4.84. The van der Waals surface area contributed by atoms with Crippen molar-refractivity contribution < 1.29 is 13.2 Å². The predicted molar refractivity (Wildman–Crippen MR) is 129 cm³/mol. The fraction of sp³-hybridized carbons (Fsp3) is 0.458. The summed E-state index contributed by atoms with van der Waals surface area (Å²) in [6, 6.07) is 15.0. The zero-order chi connectivity index (χ0) is 22.9. The van der Waals surface area contributed by atoms with Gasteiger partial charge in [0, 0.05) is 41.5 Å². The van der Waals surface area contributed by atoms with E-state index in [-0.39, 0.29) is 29.7 Å². The van der Waals surface area contributed by atoms with Crippen LogP contribution >= 0.6 is 23.2 Å². The largest absolute Gasteiger partial charge is 0.331 e. The van der Waals surface area contributed by atoms with Crippen molar-refractivity contribution in [3.63, 3.8) is 0 Å². The molecule has 2 heterocycles. The van der Waals surface area contributed by atoms with Gasteiger partial charge in [-0.1, -0.05) is 54.4 Å². The molecule has 2 aliphatic heterocycles.